The number of carboxylic acid groups (broad SMARTS) is 1. The maximum Gasteiger partial charge on any atom is 0.356 e. The molecule has 0 amide bonds. The lowest BCUT2D eigenvalue weighted by atomic mass is 10.1. The Labute approximate surface area is 107 Å². The average molecular weight is 252 g/mol. The van der Waals surface area contributed by atoms with Gasteiger partial charge in [0.25, 0.3) is 0 Å². The summed E-state index contributed by atoms with van der Waals surface area (Å²) in [4.78, 5) is 10.6. The molecular formula is C13H20N2O3. The second-order valence-electron chi connectivity index (χ2n) is 4.34. The number of hydrogen-bond acceptors (Lipinski definition) is 4. The van der Waals surface area contributed by atoms with E-state index in [2.05, 4.69) is 17.1 Å². The molecule has 0 saturated heterocycles. The van der Waals surface area contributed by atoms with Crippen LogP contribution in [0, 0.1) is 0 Å². The third-order valence-corrected chi connectivity index (χ3v) is 2.65. The predicted molar refractivity (Wildman–Crippen MR) is 67.8 cm³/mol. The van der Waals surface area contributed by atoms with E-state index in [0.29, 0.717) is 5.88 Å². The Morgan fingerprint density at radius 1 is 1.33 bits per heavy atom. The summed E-state index contributed by atoms with van der Waals surface area (Å²) >= 11 is 0. The van der Waals surface area contributed by atoms with Gasteiger partial charge in [0.1, 0.15) is 0 Å². The monoisotopic (exact) mass is 252 g/mol. The summed E-state index contributed by atoms with van der Waals surface area (Å²) in [6, 6.07) is 2.94. The summed E-state index contributed by atoms with van der Waals surface area (Å²) in [6.07, 6.45) is 5.87. The highest BCUT2D eigenvalue weighted by Crippen LogP contribution is 2.12. The quantitative estimate of drug-likeness (QED) is 0.720. The van der Waals surface area contributed by atoms with Crippen molar-refractivity contribution >= 4 is 5.97 Å². The van der Waals surface area contributed by atoms with Gasteiger partial charge in [-0.2, -0.15) is 0 Å². The first kappa shape index (κ1) is 14.4. The van der Waals surface area contributed by atoms with Gasteiger partial charge < -0.3 is 9.84 Å². The lowest BCUT2D eigenvalue weighted by molar-refractivity contribution is 0.0688. The molecule has 5 heteroatoms. The summed E-state index contributed by atoms with van der Waals surface area (Å²) in [5, 5.41) is 16.0. The summed E-state index contributed by atoms with van der Waals surface area (Å²) in [5.74, 6) is -0.704. The van der Waals surface area contributed by atoms with Gasteiger partial charge in [-0.1, -0.05) is 26.2 Å². The first-order chi connectivity index (χ1) is 8.63. The van der Waals surface area contributed by atoms with E-state index in [-0.39, 0.29) is 11.8 Å². The Kier molecular flexibility index (Phi) is 6.11. The van der Waals surface area contributed by atoms with Crippen LogP contribution in [0.5, 0.6) is 5.88 Å². The first-order valence-corrected chi connectivity index (χ1v) is 6.37. The molecule has 0 bridgehead atoms. The van der Waals surface area contributed by atoms with Gasteiger partial charge in [0, 0.05) is 6.07 Å². The molecule has 1 heterocycles. The minimum absolute atomic E-state index is 0.0713. The number of nitrogens with zero attached hydrogens (tertiary/aromatic N) is 2. The normalized spacial score (nSPS) is 12.1. The fourth-order valence-electron chi connectivity index (χ4n) is 1.62. The van der Waals surface area contributed by atoms with Crippen LogP contribution in [0.3, 0.4) is 0 Å². The number of carbonyl (C=O) groups is 1. The standard InChI is InChI=1S/C13H20N2O3/c1-3-4-5-6-7-10(2)18-12-9-8-11(13(16)17)14-15-12/h8-10H,3-7H2,1-2H3,(H,16,17). The molecule has 18 heavy (non-hydrogen) atoms. The summed E-state index contributed by atoms with van der Waals surface area (Å²) in [7, 11) is 0. The van der Waals surface area contributed by atoms with Crippen LogP contribution in [0.2, 0.25) is 0 Å². The molecule has 1 aromatic heterocycles. The molecule has 1 unspecified atom stereocenters. The highest BCUT2D eigenvalue weighted by atomic mass is 16.5. The Bertz CT molecular complexity index is 365. The van der Waals surface area contributed by atoms with Crippen LogP contribution in [-0.2, 0) is 0 Å². The van der Waals surface area contributed by atoms with E-state index in [1.54, 1.807) is 6.07 Å². The van der Waals surface area contributed by atoms with Crippen LogP contribution >= 0.6 is 0 Å². The third kappa shape index (κ3) is 5.12. The highest BCUT2D eigenvalue weighted by molar-refractivity contribution is 5.84. The van der Waals surface area contributed by atoms with Crippen LogP contribution in [0.15, 0.2) is 12.1 Å². The van der Waals surface area contributed by atoms with E-state index >= 15 is 0 Å². The van der Waals surface area contributed by atoms with Gasteiger partial charge in [-0.05, 0) is 25.8 Å². The summed E-state index contributed by atoms with van der Waals surface area (Å²) in [6.45, 7) is 4.16. The largest absolute Gasteiger partial charge is 0.476 e. The van der Waals surface area contributed by atoms with Gasteiger partial charge >= 0.3 is 5.97 Å². The minimum atomic E-state index is -1.08. The number of hydrogen-bond donors (Lipinski definition) is 1. The van der Waals surface area contributed by atoms with Crippen molar-refractivity contribution in [3.05, 3.63) is 17.8 Å². The smallest absolute Gasteiger partial charge is 0.356 e. The van der Waals surface area contributed by atoms with E-state index < -0.39 is 5.97 Å². The van der Waals surface area contributed by atoms with Gasteiger partial charge in [0.15, 0.2) is 5.69 Å². The van der Waals surface area contributed by atoms with Crippen LogP contribution in [0.25, 0.3) is 0 Å². The number of aromatic nitrogens is 2. The van der Waals surface area contributed by atoms with Gasteiger partial charge in [0.05, 0.1) is 6.10 Å². The van der Waals surface area contributed by atoms with Gasteiger partial charge in [0.2, 0.25) is 5.88 Å². The second kappa shape index (κ2) is 7.63. The van der Waals surface area contributed by atoms with Crippen molar-refractivity contribution in [1.82, 2.24) is 10.2 Å². The van der Waals surface area contributed by atoms with Crippen LogP contribution < -0.4 is 4.74 Å². The Hall–Kier alpha value is -1.65. The maximum atomic E-state index is 10.6. The zero-order valence-corrected chi connectivity index (χ0v) is 10.9. The molecule has 0 aliphatic carbocycles. The van der Waals surface area contributed by atoms with E-state index in [0.717, 1.165) is 12.8 Å². The molecule has 0 radical (unpaired) electrons. The molecule has 1 N–H and O–H groups in total. The summed E-state index contributed by atoms with van der Waals surface area (Å²) < 4.78 is 5.56. The lowest BCUT2D eigenvalue weighted by Gasteiger charge is -2.13. The van der Waals surface area contributed by atoms with Crippen molar-refractivity contribution in [1.29, 1.82) is 0 Å². The maximum absolute atomic E-state index is 10.6. The van der Waals surface area contributed by atoms with Crippen LogP contribution in [-0.4, -0.2) is 27.4 Å². The molecule has 1 rings (SSSR count). The van der Waals surface area contributed by atoms with E-state index in [1.165, 1.54) is 25.3 Å². The molecule has 0 aromatic carbocycles. The number of rotatable bonds is 8. The highest BCUT2D eigenvalue weighted by Gasteiger charge is 2.08. The lowest BCUT2D eigenvalue weighted by Crippen LogP contribution is -2.13. The number of carboxylic acids is 1. The average Bonchev–Trinajstić information content (AvgIpc) is 2.35. The van der Waals surface area contributed by atoms with E-state index in [4.69, 9.17) is 9.84 Å². The van der Waals surface area contributed by atoms with Crippen molar-refractivity contribution in [2.75, 3.05) is 0 Å². The van der Waals surface area contributed by atoms with E-state index in [1.807, 2.05) is 6.92 Å². The Balaban J connectivity index is 2.35. The van der Waals surface area contributed by atoms with Crippen molar-refractivity contribution < 1.29 is 14.6 Å². The van der Waals surface area contributed by atoms with E-state index in [9.17, 15) is 4.79 Å². The van der Waals surface area contributed by atoms with Gasteiger partial charge in [-0.3, -0.25) is 0 Å². The van der Waals surface area contributed by atoms with Crippen LogP contribution in [0.1, 0.15) is 56.4 Å². The Morgan fingerprint density at radius 2 is 2.11 bits per heavy atom. The molecule has 5 nitrogen and oxygen atoms in total. The van der Waals surface area contributed by atoms with Crippen LogP contribution in [0.4, 0.5) is 0 Å². The van der Waals surface area contributed by atoms with Gasteiger partial charge in [-0.15, -0.1) is 10.2 Å². The third-order valence-electron chi connectivity index (χ3n) is 2.65. The van der Waals surface area contributed by atoms with Crippen molar-refractivity contribution in [3.63, 3.8) is 0 Å². The fraction of sp³-hybridized carbons (Fsp3) is 0.615. The minimum Gasteiger partial charge on any atom is -0.476 e. The molecule has 1 atom stereocenters. The van der Waals surface area contributed by atoms with Crippen molar-refractivity contribution in [2.45, 2.75) is 52.1 Å². The molecule has 0 aliphatic rings. The molecule has 100 valence electrons. The molecule has 1 aromatic rings. The molecule has 0 spiro atoms. The number of ether oxygens (including phenoxy) is 1. The zero-order valence-electron chi connectivity index (χ0n) is 10.9. The summed E-state index contributed by atoms with van der Waals surface area (Å²) in [5.41, 5.74) is -0.0713. The number of aromatic carboxylic acids is 1. The predicted octanol–water partition coefficient (Wildman–Crippen LogP) is 2.91. The SMILES string of the molecule is CCCCCCC(C)Oc1ccc(C(=O)O)nn1. The Morgan fingerprint density at radius 3 is 2.67 bits per heavy atom. The van der Waals surface area contributed by atoms with Gasteiger partial charge in [-0.25, -0.2) is 4.79 Å². The molecule has 0 fully saturated rings. The van der Waals surface area contributed by atoms with Crippen molar-refractivity contribution in [2.24, 2.45) is 0 Å². The molecule has 0 aliphatic heterocycles. The molecular weight excluding hydrogens is 232 g/mol. The first-order valence-electron chi connectivity index (χ1n) is 6.37. The molecule has 0 saturated carbocycles. The zero-order chi connectivity index (χ0) is 13.4. The second-order valence-corrected chi connectivity index (χ2v) is 4.34. The fourth-order valence-corrected chi connectivity index (χ4v) is 1.62. The number of unbranched alkanes of at least 4 members (excludes halogenated alkanes) is 3. The topological polar surface area (TPSA) is 72.3 Å². The van der Waals surface area contributed by atoms with Crippen molar-refractivity contribution in [3.8, 4) is 5.88 Å².